The monoisotopic (exact) mass is 297 g/mol. The van der Waals surface area contributed by atoms with Gasteiger partial charge in [-0.3, -0.25) is 19.5 Å². The van der Waals surface area contributed by atoms with E-state index in [1.807, 2.05) is 0 Å². The van der Waals surface area contributed by atoms with Gasteiger partial charge >= 0.3 is 19.5 Å². The zero-order valence-corrected chi connectivity index (χ0v) is 11.9. The Morgan fingerprint density at radius 3 is 2.11 bits per heavy atom. The molecule has 0 aromatic carbocycles. The van der Waals surface area contributed by atoms with Crippen LogP contribution in [0.5, 0.6) is 0 Å². The molecule has 1 atom stereocenters. The van der Waals surface area contributed by atoms with Crippen LogP contribution in [0.4, 0.5) is 0 Å². The van der Waals surface area contributed by atoms with Gasteiger partial charge in [0.05, 0.1) is 19.5 Å². The molecule has 19 heavy (non-hydrogen) atoms. The molecule has 0 aliphatic carbocycles. The quantitative estimate of drug-likeness (QED) is 0.485. The highest BCUT2D eigenvalue weighted by Crippen LogP contribution is 2.46. The maximum absolute atomic E-state index is 12.1. The number of rotatable bonds is 11. The van der Waals surface area contributed by atoms with E-state index in [-0.39, 0.29) is 32.3 Å². The number of carboxylic acids is 2. The second kappa shape index (κ2) is 9.03. The molecule has 0 aromatic rings. The summed E-state index contributed by atoms with van der Waals surface area (Å²) in [5, 5.41) is 19.9. The van der Waals surface area contributed by atoms with E-state index in [2.05, 4.69) is 5.32 Å². The molecule has 0 spiro atoms. The molecule has 0 bridgehead atoms. The van der Waals surface area contributed by atoms with Gasteiger partial charge in [-0.2, -0.15) is 0 Å². The molecule has 0 saturated heterocycles. The molecule has 0 rings (SSSR count). The fraction of sp³-hybridized carbons (Fsp3) is 0.800. The van der Waals surface area contributed by atoms with Crippen LogP contribution in [0, 0.1) is 0 Å². The molecule has 0 saturated carbocycles. The van der Waals surface area contributed by atoms with Crippen LogP contribution in [-0.2, 0) is 23.2 Å². The van der Waals surface area contributed by atoms with Crippen LogP contribution in [0.3, 0.4) is 0 Å². The summed E-state index contributed by atoms with van der Waals surface area (Å²) in [4.78, 5) is 21.3. The molecule has 0 heterocycles. The maximum Gasteiger partial charge on any atom is 0.344 e. The van der Waals surface area contributed by atoms with E-state index < -0.39 is 25.6 Å². The van der Waals surface area contributed by atoms with Gasteiger partial charge in [-0.25, -0.2) is 0 Å². The van der Waals surface area contributed by atoms with Crippen LogP contribution in [0.1, 0.15) is 26.7 Å². The Bertz CT molecular complexity index is 337. The molecule has 0 radical (unpaired) electrons. The highest BCUT2D eigenvalue weighted by molar-refractivity contribution is 7.53. The molecule has 112 valence electrons. The lowest BCUT2D eigenvalue weighted by atomic mass is 10.1. The van der Waals surface area contributed by atoms with Crippen molar-refractivity contribution in [3.63, 3.8) is 0 Å². The first-order valence-corrected chi connectivity index (χ1v) is 7.63. The van der Waals surface area contributed by atoms with Crippen molar-refractivity contribution in [2.24, 2.45) is 0 Å². The van der Waals surface area contributed by atoms with Gasteiger partial charge in [0.1, 0.15) is 6.04 Å². The smallest absolute Gasteiger partial charge is 0.344 e. The minimum absolute atomic E-state index is 0.108. The Kier molecular flexibility index (Phi) is 8.58. The van der Waals surface area contributed by atoms with Crippen LogP contribution in [0.15, 0.2) is 0 Å². The Balaban J connectivity index is 4.46. The fourth-order valence-corrected chi connectivity index (χ4v) is 2.81. The number of carbonyl (C=O) groups is 2. The van der Waals surface area contributed by atoms with Gasteiger partial charge in [0.25, 0.3) is 0 Å². The molecule has 9 heteroatoms. The standard InChI is InChI=1S/C10H20NO7P/c1-3-17-19(16,18-4-2)7-11-8(10(14)15)5-6-9(12)13/h8,11H,3-7H2,1-2H3,(H,12,13)(H,14,15)/t8-/m0/s1. The number of aliphatic carboxylic acids is 2. The highest BCUT2D eigenvalue weighted by Gasteiger charge is 2.27. The summed E-state index contributed by atoms with van der Waals surface area (Å²) in [7, 11) is -3.38. The van der Waals surface area contributed by atoms with Crippen molar-refractivity contribution < 1.29 is 33.4 Å². The molecular weight excluding hydrogens is 277 g/mol. The first kappa shape index (κ1) is 18.0. The third-order valence-corrected chi connectivity index (χ3v) is 4.00. The first-order chi connectivity index (χ1) is 8.84. The van der Waals surface area contributed by atoms with Gasteiger partial charge in [-0.1, -0.05) is 0 Å². The van der Waals surface area contributed by atoms with E-state index in [9.17, 15) is 14.2 Å². The van der Waals surface area contributed by atoms with Crippen LogP contribution in [-0.4, -0.2) is 47.7 Å². The van der Waals surface area contributed by atoms with Gasteiger partial charge < -0.3 is 19.3 Å². The third-order valence-electron chi connectivity index (χ3n) is 2.13. The van der Waals surface area contributed by atoms with E-state index in [0.29, 0.717) is 0 Å². The lowest BCUT2D eigenvalue weighted by Crippen LogP contribution is -2.38. The lowest BCUT2D eigenvalue weighted by molar-refractivity contribution is -0.140. The van der Waals surface area contributed by atoms with Crippen molar-refractivity contribution in [1.82, 2.24) is 5.32 Å². The topological polar surface area (TPSA) is 122 Å². The van der Waals surface area contributed by atoms with Crippen LogP contribution in [0.25, 0.3) is 0 Å². The van der Waals surface area contributed by atoms with Gasteiger partial charge in [0.2, 0.25) is 0 Å². The van der Waals surface area contributed by atoms with Crippen molar-refractivity contribution in [3.8, 4) is 0 Å². The molecule has 0 aromatic heterocycles. The summed E-state index contributed by atoms with van der Waals surface area (Å²) in [5.74, 6) is -2.30. The molecule has 8 nitrogen and oxygen atoms in total. The summed E-state index contributed by atoms with van der Waals surface area (Å²) in [6.45, 7) is 3.63. The Morgan fingerprint density at radius 2 is 1.74 bits per heavy atom. The Labute approximate surface area is 111 Å². The van der Waals surface area contributed by atoms with Gasteiger partial charge in [-0.15, -0.1) is 0 Å². The van der Waals surface area contributed by atoms with Crippen molar-refractivity contribution in [2.45, 2.75) is 32.7 Å². The average Bonchev–Trinajstić information content (AvgIpc) is 2.28. The summed E-state index contributed by atoms with van der Waals surface area (Å²) in [6, 6.07) is -1.11. The summed E-state index contributed by atoms with van der Waals surface area (Å²) < 4.78 is 22.0. The molecule has 0 unspecified atom stereocenters. The lowest BCUT2D eigenvalue weighted by Gasteiger charge is -2.20. The largest absolute Gasteiger partial charge is 0.481 e. The predicted molar refractivity (Wildman–Crippen MR) is 67.2 cm³/mol. The average molecular weight is 297 g/mol. The van der Waals surface area contributed by atoms with E-state index in [1.165, 1.54) is 0 Å². The molecule has 0 amide bonds. The number of hydrogen-bond donors (Lipinski definition) is 3. The number of hydrogen-bond acceptors (Lipinski definition) is 6. The Hall–Kier alpha value is -0.950. The first-order valence-electron chi connectivity index (χ1n) is 5.90. The van der Waals surface area contributed by atoms with Gasteiger partial charge in [0, 0.05) is 6.42 Å². The molecular formula is C10H20NO7P. The molecule has 0 aliphatic heterocycles. The normalized spacial score (nSPS) is 13.2. The number of carboxylic acid groups (broad SMARTS) is 2. The third kappa shape index (κ3) is 7.94. The fourth-order valence-electron chi connectivity index (χ4n) is 1.32. The predicted octanol–water partition coefficient (Wildman–Crippen LogP) is 1.12. The second-order valence-corrected chi connectivity index (χ2v) is 5.69. The van der Waals surface area contributed by atoms with E-state index in [1.54, 1.807) is 13.8 Å². The van der Waals surface area contributed by atoms with E-state index in [0.717, 1.165) is 0 Å². The zero-order chi connectivity index (χ0) is 14.9. The SMILES string of the molecule is CCOP(=O)(CN[C@@H](CCC(=O)O)C(=O)O)OCC. The Morgan fingerprint density at radius 1 is 1.21 bits per heavy atom. The molecule has 0 aliphatic rings. The summed E-state index contributed by atoms with van der Waals surface area (Å²) in [6.07, 6.45) is -0.675. The van der Waals surface area contributed by atoms with E-state index >= 15 is 0 Å². The van der Waals surface area contributed by atoms with E-state index in [4.69, 9.17) is 19.3 Å². The van der Waals surface area contributed by atoms with Crippen molar-refractivity contribution in [3.05, 3.63) is 0 Å². The minimum atomic E-state index is -3.38. The summed E-state index contributed by atoms with van der Waals surface area (Å²) >= 11 is 0. The number of nitrogens with one attached hydrogen (secondary N) is 1. The van der Waals surface area contributed by atoms with Gasteiger partial charge in [0.15, 0.2) is 0 Å². The zero-order valence-electron chi connectivity index (χ0n) is 11.0. The maximum atomic E-state index is 12.1. The van der Waals surface area contributed by atoms with Crippen molar-refractivity contribution in [2.75, 3.05) is 19.5 Å². The molecule has 0 fully saturated rings. The van der Waals surface area contributed by atoms with Crippen LogP contribution < -0.4 is 5.32 Å². The van der Waals surface area contributed by atoms with Crippen LogP contribution in [0.2, 0.25) is 0 Å². The second-order valence-electron chi connectivity index (χ2n) is 3.63. The van der Waals surface area contributed by atoms with Gasteiger partial charge in [-0.05, 0) is 20.3 Å². The highest BCUT2D eigenvalue weighted by atomic mass is 31.2. The molecule has 3 N–H and O–H groups in total. The minimum Gasteiger partial charge on any atom is -0.481 e. The van der Waals surface area contributed by atoms with Crippen LogP contribution >= 0.6 is 7.60 Å². The van der Waals surface area contributed by atoms with Crippen molar-refractivity contribution >= 4 is 19.5 Å². The summed E-state index contributed by atoms with van der Waals surface area (Å²) in [5.41, 5.74) is 0. The van der Waals surface area contributed by atoms with Crippen molar-refractivity contribution in [1.29, 1.82) is 0 Å².